The molecule has 0 aromatic heterocycles. The van der Waals surface area contributed by atoms with E-state index in [0.717, 1.165) is 23.6 Å². The maximum absolute atomic E-state index is 5.95. The lowest BCUT2D eigenvalue weighted by Crippen LogP contribution is -2.37. The van der Waals surface area contributed by atoms with Gasteiger partial charge in [0.15, 0.2) is 5.11 Å². The van der Waals surface area contributed by atoms with Crippen molar-refractivity contribution in [2.45, 2.75) is 32.7 Å². The van der Waals surface area contributed by atoms with E-state index in [4.69, 9.17) is 23.8 Å². The Hall–Kier alpha value is -0.800. The van der Waals surface area contributed by atoms with E-state index >= 15 is 0 Å². The molecule has 1 unspecified atom stereocenters. The van der Waals surface area contributed by atoms with Crippen LogP contribution in [0.1, 0.15) is 38.3 Å². The highest BCUT2D eigenvalue weighted by atomic mass is 35.5. The van der Waals surface area contributed by atoms with Crippen molar-refractivity contribution >= 4 is 28.9 Å². The minimum absolute atomic E-state index is 0.162. The first-order chi connectivity index (χ1) is 8.13. The van der Waals surface area contributed by atoms with Crippen LogP contribution in [-0.2, 0) is 0 Å². The van der Waals surface area contributed by atoms with E-state index in [-0.39, 0.29) is 6.04 Å². The Kier molecular flexibility index (Phi) is 6.30. The fourth-order valence-electron chi connectivity index (χ4n) is 1.49. The van der Waals surface area contributed by atoms with Crippen molar-refractivity contribution < 1.29 is 0 Å². The van der Waals surface area contributed by atoms with E-state index in [9.17, 15) is 0 Å². The van der Waals surface area contributed by atoms with Crippen LogP contribution in [0.5, 0.6) is 0 Å². The van der Waals surface area contributed by atoms with Gasteiger partial charge in [0.2, 0.25) is 0 Å². The molecule has 94 valence electrons. The van der Waals surface area contributed by atoms with Gasteiger partial charge in [-0.3, -0.25) is 0 Å². The minimum atomic E-state index is 0.162. The third-order valence-corrected chi connectivity index (χ3v) is 3.01. The topological polar surface area (TPSA) is 24.1 Å². The molecule has 4 heteroatoms. The molecule has 0 saturated heterocycles. The number of hydrogen-bond donors (Lipinski definition) is 2. The highest BCUT2D eigenvalue weighted by Crippen LogP contribution is 2.17. The van der Waals surface area contributed by atoms with Crippen molar-refractivity contribution in [1.82, 2.24) is 10.6 Å². The van der Waals surface area contributed by atoms with E-state index in [1.54, 1.807) is 0 Å². The average Bonchev–Trinajstić information content (AvgIpc) is 2.29. The molecular weight excluding hydrogens is 252 g/mol. The lowest BCUT2D eigenvalue weighted by atomic mass is 10.1. The van der Waals surface area contributed by atoms with Crippen LogP contribution in [0, 0.1) is 0 Å². The maximum Gasteiger partial charge on any atom is 0.166 e. The second-order valence-corrected chi connectivity index (χ2v) is 4.88. The Morgan fingerprint density at radius 1 is 1.47 bits per heavy atom. The zero-order valence-electron chi connectivity index (χ0n) is 10.3. The van der Waals surface area contributed by atoms with Gasteiger partial charge in [0.25, 0.3) is 0 Å². The van der Waals surface area contributed by atoms with Gasteiger partial charge in [-0.05, 0) is 43.3 Å². The van der Waals surface area contributed by atoms with Crippen molar-refractivity contribution in [3.05, 3.63) is 34.9 Å². The number of unbranched alkanes of at least 4 members (excludes halogenated alkanes) is 1. The maximum atomic E-state index is 5.95. The van der Waals surface area contributed by atoms with E-state index in [1.165, 1.54) is 6.42 Å². The van der Waals surface area contributed by atoms with Gasteiger partial charge in [-0.15, -0.1) is 0 Å². The number of hydrogen-bond acceptors (Lipinski definition) is 1. The van der Waals surface area contributed by atoms with Crippen LogP contribution in [-0.4, -0.2) is 11.7 Å². The van der Waals surface area contributed by atoms with Crippen LogP contribution in [0.25, 0.3) is 0 Å². The molecule has 0 bridgehead atoms. The molecule has 0 aliphatic carbocycles. The predicted molar refractivity (Wildman–Crippen MR) is 78.5 cm³/mol. The first kappa shape index (κ1) is 14.3. The molecule has 1 aromatic rings. The number of benzene rings is 1. The van der Waals surface area contributed by atoms with Crippen LogP contribution in [0.15, 0.2) is 24.3 Å². The number of nitrogens with one attached hydrogen (secondary N) is 2. The smallest absolute Gasteiger partial charge is 0.166 e. The van der Waals surface area contributed by atoms with Gasteiger partial charge < -0.3 is 10.6 Å². The summed E-state index contributed by atoms with van der Waals surface area (Å²) in [6.07, 6.45) is 2.30. The summed E-state index contributed by atoms with van der Waals surface area (Å²) in [4.78, 5) is 0. The van der Waals surface area contributed by atoms with E-state index in [1.807, 2.05) is 24.3 Å². The molecule has 1 rings (SSSR count). The summed E-state index contributed by atoms with van der Waals surface area (Å²) in [6, 6.07) is 7.97. The fraction of sp³-hybridized carbons (Fsp3) is 0.462. The molecule has 0 fully saturated rings. The summed E-state index contributed by atoms with van der Waals surface area (Å²) in [7, 11) is 0. The predicted octanol–water partition coefficient (Wildman–Crippen LogP) is 3.67. The van der Waals surface area contributed by atoms with Gasteiger partial charge in [-0.1, -0.05) is 37.1 Å². The highest BCUT2D eigenvalue weighted by Gasteiger charge is 2.06. The minimum Gasteiger partial charge on any atom is -0.363 e. The Morgan fingerprint density at radius 3 is 2.88 bits per heavy atom. The van der Waals surface area contributed by atoms with Crippen molar-refractivity contribution in [3.63, 3.8) is 0 Å². The van der Waals surface area contributed by atoms with Crippen molar-refractivity contribution in [2.24, 2.45) is 0 Å². The Morgan fingerprint density at radius 2 is 2.24 bits per heavy atom. The Labute approximate surface area is 114 Å². The average molecular weight is 271 g/mol. The lowest BCUT2D eigenvalue weighted by Gasteiger charge is -2.17. The van der Waals surface area contributed by atoms with Crippen molar-refractivity contribution in [1.29, 1.82) is 0 Å². The molecule has 0 aliphatic rings. The van der Waals surface area contributed by atoms with Crippen LogP contribution in [0.2, 0.25) is 5.02 Å². The SMILES string of the molecule is CCCCNC(=S)NC(C)c1cccc(Cl)c1. The second-order valence-electron chi connectivity index (χ2n) is 4.03. The van der Waals surface area contributed by atoms with E-state index in [0.29, 0.717) is 5.11 Å². The molecule has 0 aliphatic heterocycles. The monoisotopic (exact) mass is 270 g/mol. The molecular formula is C13H19ClN2S. The van der Waals surface area contributed by atoms with Crippen LogP contribution < -0.4 is 10.6 Å². The van der Waals surface area contributed by atoms with E-state index in [2.05, 4.69) is 24.5 Å². The van der Waals surface area contributed by atoms with Crippen LogP contribution >= 0.6 is 23.8 Å². The largest absolute Gasteiger partial charge is 0.363 e. The number of thiocarbonyl (C=S) groups is 1. The molecule has 0 amide bonds. The summed E-state index contributed by atoms with van der Waals surface area (Å²) < 4.78 is 0. The summed E-state index contributed by atoms with van der Waals surface area (Å²) in [5.74, 6) is 0. The summed E-state index contributed by atoms with van der Waals surface area (Å²) in [5, 5.41) is 7.88. The van der Waals surface area contributed by atoms with Crippen LogP contribution in [0.3, 0.4) is 0 Å². The third kappa shape index (κ3) is 5.37. The highest BCUT2D eigenvalue weighted by molar-refractivity contribution is 7.80. The Balaban J connectivity index is 2.43. The first-order valence-corrected chi connectivity index (χ1v) is 6.72. The standard InChI is InChI=1S/C13H19ClN2S/c1-3-4-8-15-13(17)16-10(2)11-6-5-7-12(14)9-11/h5-7,9-10H,3-4,8H2,1-2H3,(H2,15,16,17). The molecule has 0 saturated carbocycles. The summed E-state index contributed by atoms with van der Waals surface area (Å²) in [5.41, 5.74) is 1.14. The molecule has 2 N–H and O–H groups in total. The fourth-order valence-corrected chi connectivity index (χ4v) is 1.96. The second kappa shape index (κ2) is 7.51. The quantitative estimate of drug-likeness (QED) is 0.631. The number of rotatable bonds is 5. The normalized spacial score (nSPS) is 11.9. The van der Waals surface area contributed by atoms with E-state index < -0.39 is 0 Å². The van der Waals surface area contributed by atoms with Gasteiger partial charge >= 0.3 is 0 Å². The molecule has 0 spiro atoms. The number of halogens is 1. The summed E-state index contributed by atoms with van der Waals surface area (Å²) in [6.45, 7) is 5.15. The first-order valence-electron chi connectivity index (χ1n) is 5.93. The van der Waals surface area contributed by atoms with Gasteiger partial charge in [-0.25, -0.2) is 0 Å². The van der Waals surface area contributed by atoms with Gasteiger partial charge in [0.1, 0.15) is 0 Å². The summed E-state index contributed by atoms with van der Waals surface area (Å²) >= 11 is 11.2. The molecule has 1 aromatic carbocycles. The Bertz CT molecular complexity index is 368. The lowest BCUT2D eigenvalue weighted by molar-refractivity contribution is 0.683. The van der Waals surface area contributed by atoms with Crippen LogP contribution in [0.4, 0.5) is 0 Å². The molecule has 0 radical (unpaired) electrons. The zero-order valence-corrected chi connectivity index (χ0v) is 11.9. The van der Waals surface area contributed by atoms with Gasteiger partial charge in [-0.2, -0.15) is 0 Å². The van der Waals surface area contributed by atoms with Crippen molar-refractivity contribution in [3.8, 4) is 0 Å². The molecule has 0 heterocycles. The molecule has 17 heavy (non-hydrogen) atoms. The molecule has 2 nitrogen and oxygen atoms in total. The van der Waals surface area contributed by atoms with Gasteiger partial charge in [0.05, 0.1) is 6.04 Å². The zero-order chi connectivity index (χ0) is 12.7. The molecule has 1 atom stereocenters. The van der Waals surface area contributed by atoms with Crippen molar-refractivity contribution in [2.75, 3.05) is 6.54 Å². The van der Waals surface area contributed by atoms with Gasteiger partial charge in [0, 0.05) is 11.6 Å². The third-order valence-electron chi connectivity index (χ3n) is 2.51.